The van der Waals surface area contributed by atoms with E-state index in [9.17, 15) is 24.3 Å². The predicted molar refractivity (Wildman–Crippen MR) is 156 cm³/mol. The fraction of sp³-hybridized carbons (Fsp3) is 0.562. The minimum atomic E-state index is -1.23. The number of benzene rings is 1. The van der Waals surface area contributed by atoms with Crippen LogP contribution in [0.3, 0.4) is 0 Å². The first kappa shape index (κ1) is 31.4. The Morgan fingerprint density at radius 1 is 1.21 bits per heavy atom. The van der Waals surface area contributed by atoms with Crippen molar-refractivity contribution in [3.8, 4) is 0 Å². The molecule has 3 heterocycles. The molecule has 1 aromatic carbocycles. The molecule has 0 radical (unpaired) electrons. The number of amides is 3. The van der Waals surface area contributed by atoms with Gasteiger partial charge in [0.1, 0.15) is 17.7 Å². The first-order valence-corrected chi connectivity index (χ1v) is 14.8. The Bertz CT molecular complexity index is 1190. The second-order valence-corrected chi connectivity index (χ2v) is 11.7. The van der Waals surface area contributed by atoms with E-state index >= 15 is 0 Å². The lowest BCUT2D eigenvalue weighted by Gasteiger charge is -2.40. The van der Waals surface area contributed by atoms with Gasteiger partial charge in [0.15, 0.2) is 0 Å². The topological polar surface area (TPSA) is 125 Å². The molecule has 10 nitrogen and oxygen atoms in total. The van der Waals surface area contributed by atoms with Crippen LogP contribution in [0, 0.1) is 11.8 Å². The number of aliphatic hydroxyl groups is 1. The average molecular weight is 582 g/mol. The molecule has 3 aliphatic heterocycles. The van der Waals surface area contributed by atoms with E-state index in [1.54, 1.807) is 36.1 Å². The maximum Gasteiger partial charge on any atom is 0.312 e. The van der Waals surface area contributed by atoms with E-state index in [0.717, 1.165) is 0 Å². The number of allylic oxidation sites excluding steroid dienone is 1. The summed E-state index contributed by atoms with van der Waals surface area (Å²) in [6, 6.07) is 7.03. The maximum absolute atomic E-state index is 14.4. The monoisotopic (exact) mass is 581 g/mol. The Morgan fingerprint density at radius 2 is 1.93 bits per heavy atom. The van der Waals surface area contributed by atoms with Gasteiger partial charge in [0, 0.05) is 19.0 Å². The summed E-state index contributed by atoms with van der Waals surface area (Å²) in [6.45, 7) is 12.9. The fourth-order valence-electron chi connectivity index (χ4n) is 6.75. The second-order valence-electron chi connectivity index (χ2n) is 11.7. The minimum absolute atomic E-state index is 0.127. The molecule has 0 aliphatic carbocycles. The molecule has 2 bridgehead atoms. The molecular formula is C32H43N3O7. The van der Waals surface area contributed by atoms with Gasteiger partial charge in [-0.05, 0) is 45.6 Å². The molecule has 1 spiro atoms. The van der Waals surface area contributed by atoms with Crippen molar-refractivity contribution in [1.29, 1.82) is 0 Å². The minimum Gasteiger partial charge on any atom is -0.460 e. The van der Waals surface area contributed by atoms with Gasteiger partial charge in [-0.15, -0.1) is 13.2 Å². The van der Waals surface area contributed by atoms with E-state index in [2.05, 4.69) is 18.5 Å². The number of aliphatic hydroxyl groups excluding tert-OH is 1. The summed E-state index contributed by atoms with van der Waals surface area (Å²) >= 11 is 0. The van der Waals surface area contributed by atoms with Crippen molar-refractivity contribution in [3.63, 3.8) is 0 Å². The Morgan fingerprint density at radius 3 is 2.55 bits per heavy atom. The van der Waals surface area contributed by atoms with Crippen LogP contribution in [0.5, 0.6) is 0 Å². The van der Waals surface area contributed by atoms with Gasteiger partial charge in [-0.1, -0.05) is 42.5 Å². The zero-order valence-corrected chi connectivity index (χ0v) is 24.7. The molecule has 0 saturated carbocycles. The lowest BCUT2D eigenvalue weighted by Crippen LogP contribution is -2.58. The molecular weight excluding hydrogens is 538 g/mol. The largest absolute Gasteiger partial charge is 0.460 e. The van der Waals surface area contributed by atoms with Gasteiger partial charge in [0.05, 0.1) is 37.1 Å². The summed E-state index contributed by atoms with van der Waals surface area (Å²) in [4.78, 5) is 57.5. The van der Waals surface area contributed by atoms with Gasteiger partial charge in [0.2, 0.25) is 17.7 Å². The number of hydrogen-bond donors (Lipinski definition) is 2. The van der Waals surface area contributed by atoms with Gasteiger partial charge in [-0.3, -0.25) is 19.2 Å². The Balaban J connectivity index is 1.66. The third-order valence-corrected chi connectivity index (χ3v) is 8.65. The van der Waals surface area contributed by atoms with E-state index in [4.69, 9.17) is 9.47 Å². The molecule has 4 rings (SSSR count). The highest BCUT2D eigenvalue weighted by molar-refractivity contribution is 5.98. The molecule has 7 atom stereocenters. The highest BCUT2D eigenvalue weighted by Crippen LogP contribution is 2.60. The third-order valence-electron chi connectivity index (χ3n) is 8.65. The van der Waals surface area contributed by atoms with Crippen molar-refractivity contribution in [2.24, 2.45) is 11.8 Å². The summed E-state index contributed by atoms with van der Waals surface area (Å²) in [5.41, 5.74) is -0.557. The molecule has 42 heavy (non-hydrogen) atoms. The van der Waals surface area contributed by atoms with Gasteiger partial charge in [-0.2, -0.15) is 0 Å². The first-order valence-electron chi connectivity index (χ1n) is 14.8. The van der Waals surface area contributed by atoms with E-state index in [1.807, 2.05) is 32.0 Å². The molecule has 3 saturated heterocycles. The lowest BCUT2D eigenvalue weighted by molar-refractivity contribution is -0.160. The number of hydrogen-bond acceptors (Lipinski definition) is 7. The van der Waals surface area contributed by atoms with Crippen molar-refractivity contribution in [3.05, 3.63) is 61.2 Å². The third kappa shape index (κ3) is 5.74. The predicted octanol–water partition coefficient (Wildman–Crippen LogP) is 2.53. The molecule has 1 aromatic rings. The number of carbonyl (C=O) groups is 4. The van der Waals surface area contributed by atoms with Crippen molar-refractivity contribution >= 4 is 23.7 Å². The normalized spacial score (nSPS) is 27.4. The van der Waals surface area contributed by atoms with E-state index < -0.39 is 60.2 Å². The summed E-state index contributed by atoms with van der Waals surface area (Å²) in [6.07, 6.45) is 3.84. The second kappa shape index (κ2) is 13.2. The number of ether oxygens (including phenoxy) is 2. The number of nitrogens with one attached hydrogen (secondary N) is 1. The molecule has 10 heteroatoms. The van der Waals surface area contributed by atoms with Crippen LogP contribution in [0.4, 0.5) is 0 Å². The molecule has 228 valence electrons. The van der Waals surface area contributed by atoms with E-state index in [1.165, 1.54) is 4.90 Å². The van der Waals surface area contributed by atoms with Crippen molar-refractivity contribution in [2.45, 2.75) is 82.4 Å². The fourth-order valence-corrected chi connectivity index (χ4v) is 6.75. The van der Waals surface area contributed by atoms with Gasteiger partial charge < -0.3 is 29.7 Å². The number of esters is 1. The van der Waals surface area contributed by atoms with Gasteiger partial charge in [-0.25, -0.2) is 0 Å². The molecule has 3 amide bonds. The standard InChI is InChI=1S/C32H43N3O7/c1-6-8-14-25(37)33-18-21(5)41-31(40)26-24-15-16-32(42-24)27(26)29(38)35(23(19-36)22-12-10-9-11-13-22)28(32)30(39)34(17-7-2)20(3)4/h6-7,9-13,20-21,23-24,26-28,36H,1-2,8,14-19H2,3-5H3,(H,33,37)/t21-,23-,24-,26+,27+,28-,32+/m1/s1. The Hall–Kier alpha value is -3.50. The van der Waals surface area contributed by atoms with Crippen LogP contribution in [0.15, 0.2) is 55.6 Å². The van der Waals surface area contributed by atoms with Crippen molar-refractivity contribution < 1.29 is 33.8 Å². The van der Waals surface area contributed by atoms with Crippen molar-refractivity contribution in [1.82, 2.24) is 15.1 Å². The van der Waals surface area contributed by atoms with Gasteiger partial charge in [0.25, 0.3) is 0 Å². The quantitative estimate of drug-likeness (QED) is 0.256. The molecule has 0 aromatic heterocycles. The Kier molecular flexibility index (Phi) is 9.89. The first-order chi connectivity index (χ1) is 20.1. The number of likely N-dealkylation sites (tertiary alicyclic amines) is 1. The lowest BCUT2D eigenvalue weighted by atomic mass is 9.70. The summed E-state index contributed by atoms with van der Waals surface area (Å²) in [5, 5.41) is 13.3. The number of fused-ring (bicyclic) bond motifs is 1. The summed E-state index contributed by atoms with van der Waals surface area (Å²) in [7, 11) is 0. The summed E-state index contributed by atoms with van der Waals surface area (Å²) < 4.78 is 12.3. The van der Waals surface area contributed by atoms with Crippen LogP contribution in [0.25, 0.3) is 0 Å². The van der Waals surface area contributed by atoms with Crippen molar-refractivity contribution in [2.75, 3.05) is 19.7 Å². The number of nitrogens with zero attached hydrogens (tertiary/aromatic N) is 2. The molecule has 3 aliphatic rings. The highest BCUT2D eigenvalue weighted by atomic mass is 16.6. The van der Waals surface area contributed by atoms with Crippen LogP contribution in [0.1, 0.15) is 58.1 Å². The van der Waals surface area contributed by atoms with Crippen LogP contribution in [-0.4, -0.2) is 88.2 Å². The van der Waals surface area contributed by atoms with Crippen LogP contribution >= 0.6 is 0 Å². The Labute approximate surface area is 247 Å². The number of carbonyl (C=O) groups excluding carboxylic acids is 4. The maximum atomic E-state index is 14.4. The smallest absolute Gasteiger partial charge is 0.312 e. The zero-order valence-electron chi connectivity index (χ0n) is 24.7. The number of rotatable bonds is 14. The highest BCUT2D eigenvalue weighted by Gasteiger charge is 2.75. The summed E-state index contributed by atoms with van der Waals surface area (Å²) in [5.74, 6) is -3.33. The van der Waals surface area contributed by atoms with Crippen LogP contribution in [0.2, 0.25) is 0 Å². The van der Waals surface area contributed by atoms with Crippen LogP contribution < -0.4 is 5.32 Å². The molecule has 0 unspecified atom stereocenters. The van der Waals surface area contributed by atoms with Crippen LogP contribution in [-0.2, 0) is 28.7 Å². The molecule has 3 fully saturated rings. The van der Waals surface area contributed by atoms with Gasteiger partial charge >= 0.3 is 5.97 Å². The average Bonchev–Trinajstić information content (AvgIpc) is 3.62. The van der Waals surface area contributed by atoms with E-state index in [-0.39, 0.29) is 30.9 Å². The van der Waals surface area contributed by atoms with E-state index in [0.29, 0.717) is 31.2 Å². The zero-order chi connectivity index (χ0) is 30.6. The molecule has 2 N–H and O–H groups in total. The SMILES string of the molecule is C=CCCC(=O)NC[C@@H](C)OC(=O)[C@@H]1[C@H]2C(=O)N([C@H](CO)c3ccccc3)[C@H](C(=O)N(CC=C)C(C)C)[C@]23CC[C@H]1O3.